The van der Waals surface area contributed by atoms with Gasteiger partial charge in [0.05, 0.1) is 16.8 Å². The smallest absolute Gasteiger partial charge is 0.399 e. The highest BCUT2D eigenvalue weighted by Gasteiger charge is 2.31. The van der Waals surface area contributed by atoms with Crippen LogP contribution in [-0.2, 0) is 12.7 Å². The number of hydrogen-bond acceptors (Lipinski definition) is 6. The molecule has 0 aliphatic heterocycles. The van der Waals surface area contributed by atoms with Crippen molar-refractivity contribution in [2.75, 3.05) is 10.4 Å². The molecular formula is C25H24F4N6. The molecule has 4 aromatic rings. The lowest BCUT2D eigenvalue weighted by molar-refractivity contribution is -0.137. The molecule has 0 saturated carbocycles. The minimum absolute atomic E-state index is 0.121. The molecule has 35 heavy (non-hydrogen) atoms. The molecule has 4 rings (SSSR count). The van der Waals surface area contributed by atoms with Gasteiger partial charge in [0, 0.05) is 29.4 Å². The Hall–Kier alpha value is -4.21. The molecule has 0 spiro atoms. The Labute approximate surface area is 200 Å². The summed E-state index contributed by atoms with van der Waals surface area (Å²) in [6, 6.07) is 13.7. The number of anilines is 3. The molecule has 0 atom stereocenters. The second-order valence-electron chi connectivity index (χ2n) is 7.16. The zero-order valence-electron chi connectivity index (χ0n) is 19.1. The SMILES string of the molecule is C=C(N)c1cccc2c(NCc3cccc(N(F)c4ccc(C(F)(F)F)cn4)c3)ncnc12.CC. The number of aromatic nitrogens is 3. The fourth-order valence-electron chi connectivity index (χ4n) is 3.26. The van der Waals surface area contributed by atoms with Crippen LogP contribution >= 0.6 is 0 Å². The monoisotopic (exact) mass is 484 g/mol. The van der Waals surface area contributed by atoms with Crippen molar-refractivity contribution in [1.29, 1.82) is 0 Å². The van der Waals surface area contributed by atoms with Gasteiger partial charge in [-0.1, -0.05) is 49.2 Å². The number of fused-ring (bicyclic) bond motifs is 1. The van der Waals surface area contributed by atoms with Crippen molar-refractivity contribution in [2.45, 2.75) is 26.6 Å². The van der Waals surface area contributed by atoms with Gasteiger partial charge >= 0.3 is 6.18 Å². The summed E-state index contributed by atoms with van der Waals surface area (Å²) in [6.45, 7) is 8.07. The number of para-hydroxylation sites is 1. The lowest BCUT2D eigenvalue weighted by Crippen LogP contribution is -2.10. The van der Waals surface area contributed by atoms with Crippen molar-refractivity contribution in [3.8, 4) is 0 Å². The van der Waals surface area contributed by atoms with Gasteiger partial charge in [0.2, 0.25) is 0 Å². The second kappa shape index (κ2) is 10.8. The highest BCUT2D eigenvalue weighted by Crippen LogP contribution is 2.31. The largest absolute Gasteiger partial charge is 0.417 e. The Morgan fingerprint density at radius 3 is 2.43 bits per heavy atom. The van der Waals surface area contributed by atoms with E-state index in [0.717, 1.165) is 17.5 Å². The Balaban J connectivity index is 0.00000167. The van der Waals surface area contributed by atoms with Crippen LogP contribution in [0.2, 0.25) is 0 Å². The van der Waals surface area contributed by atoms with Gasteiger partial charge in [-0.05, 0) is 35.9 Å². The Kier molecular flexibility index (Phi) is 7.85. The molecule has 0 fully saturated rings. The molecule has 2 aromatic carbocycles. The molecule has 0 saturated heterocycles. The topological polar surface area (TPSA) is 80.0 Å². The predicted molar refractivity (Wildman–Crippen MR) is 130 cm³/mol. The van der Waals surface area contributed by atoms with Crippen molar-refractivity contribution in [3.63, 3.8) is 0 Å². The van der Waals surface area contributed by atoms with Gasteiger partial charge in [-0.2, -0.15) is 18.3 Å². The number of halogens is 4. The third kappa shape index (κ3) is 5.84. The number of nitrogens with zero attached hydrogens (tertiary/aromatic N) is 4. The van der Waals surface area contributed by atoms with Crippen LogP contribution < -0.4 is 16.2 Å². The van der Waals surface area contributed by atoms with Gasteiger partial charge in [0.25, 0.3) is 0 Å². The molecule has 0 aliphatic carbocycles. The lowest BCUT2D eigenvalue weighted by atomic mass is 10.1. The summed E-state index contributed by atoms with van der Waals surface area (Å²) in [6.07, 6.45) is -2.54. The lowest BCUT2D eigenvalue weighted by Gasteiger charge is -2.15. The zero-order chi connectivity index (χ0) is 25.6. The van der Waals surface area contributed by atoms with E-state index in [1.807, 2.05) is 32.0 Å². The van der Waals surface area contributed by atoms with Crippen LogP contribution in [0.5, 0.6) is 0 Å². The molecule has 0 radical (unpaired) electrons. The van der Waals surface area contributed by atoms with E-state index >= 15 is 0 Å². The maximum Gasteiger partial charge on any atom is 0.417 e. The summed E-state index contributed by atoms with van der Waals surface area (Å²) < 4.78 is 52.9. The van der Waals surface area contributed by atoms with E-state index in [1.54, 1.807) is 18.2 Å². The fraction of sp³-hybridized carbons (Fsp3) is 0.160. The maximum atomic E-state index is 14.8. The van der Waals surface area contributed by atoms with E-state index in [1.165, 1.54) is 12.4 Å². The first-order valence-electron chi connectivity index (χ1n) is 10.7. The highest BCUT2D eigenvalue weighted by atomic mass is 19.4. The Bertz CT molecular complexity index is 1310. The molecular weight excluding hydrogens is 460 g/mol. The van der Waals surface area contributed by atoms with E-state index in [4.69, 9.17) is 5.73 Å². The van der Waals surface area contributed by atoms with Crippen molar-refractivity contribution in [1.82, 2.24) is 15.0 Å². The summed E-state index contributed by atoms with van der Waals surface area (Å²) in [5.41, 5.74) is 7.47. The normalized spacial score (nSPS) is 10.9. The van der Waals surface area contributed by atoms with Crippen molar-refractivity contribution in [3.05, 3.63) is 90.4 Å². The summed E-state index contributed by atoms with van der Waals surface area (Å²) in [7, 11) is 0. The number of hydrogen-bond donors (Lipinski definition) is 2. The molecule has 2 aromatic heterocycles. The van der Waals surface area contributed by atoms with Crippen LogP contribution in [0.15, 0.2) is 73.7 Å². The van der Waals surface area contributed by atoms with Crippen LogP contribution in [0.3, 0.4) is 0 Å². The second-order valence-corrected chi connectivity index (χ2v) is 7.16. The standard InChI is InChI=1S/C23H18F4N6.C2H6/c1-14(28)18-6-3-7-19-21(18)31-13-32-22(19)30-11-15-4-2-5-17(10-15)33(27)20-9-8-16(12-29-20)23(24,25)26;1-2/h2-10,12-13H,1,11,28H2,(H,30,31,32);1-2H3. The van der Waals surface area contributed by atoms with Gasteiger partial charge in [0.15, 0.2) is 5.82 Å². The van der Waals surface area contributed by atoms with Gasteiger partial charge in [0.1, 0.15) is 12.1 Å². The summed E-state index contributed by atoms with van der Waals surface area (Å²) in [5, 5.41) is 4.17. The highest BCUT2D eigenvalue weighted by molar-refractivity contribution is 5.95. The van der Waals surface area contributed by atoms with Gasteiger partial charge in [-0.3, -0.25) is 0 Å². The minimum atomic E-state index is -4.54. The van der Waals surface area contributed by atoms with Crippen molar-refractivity contribution in [2.24, 2.45) is 5.73 Å². The zero-order valence-corrected chi connectivity index (χ0v) is 19.1. The maximum absolute atomic E-state index is 14.8. The van der Waals surface area contributed by atoms with Crippen LogP contribution in [0.1, 0.15) is 30.5 Å². The van der Waals surface area contributed by atoms with E-state index in [9.17, 15) is 17.7 Å². The molecule has 2 heterocycles. The average molecular weight is 485 g/mol. The number of benzene rings is 2. The van der Waals surface area contributed by atoms with Gasteiger partial charge in [-0.15, -0.1) is 0 Å². The molecule has 0 bridgehead atoms. The molecule has 3 N–H and O–H groups in total. The van der Waals surface area contributed by atoms with Gasteiger partial charge in [-0.25, -0.2) is 15.0 Å². The number of nitrogens with two attached hydrogens (primary N) is 1. The quantitative estimate of drug-likeness (QED) is 0.236. The van der Waals surface area contributed by atoms with E-state index < -0.39 is 11.7 Å². The van der Waals surface area contributed by atoms with E-state index in [0.29, 0.717) is 40.9 Å². The number of rotatable bonds is 6. The molecule has 10 heteroatoms. The summed E-state index contributed by atoms with van der Waals surface area (Å²) >= 11 is 0. The predicted octanol–water partition coefficient (Wildman–Crippen LogP) is 6.63. The Morgan fingerprint density at radius 1 is 1.03 bits per heavy atom. The first-order chi connectivity index (χ1) is 16.7. The summed E-state index contributed by atoms with van der Waals surface area (Å²) in [4.78, 5) is 12.1. The van der Waals surface area contributed by atoms with E-state index in [2.05, 4.69) is 26.8 Å². The third-order valence-electron chi connectivity index (χ3n) is 4.88. The van der Waals surface area contributed by atoms with Crippen LogP contribution in [0.4, 0.5) is 35.0 Å². The van der Waals surface area contributed by atoms with Crippen molar-refractivity contribution >= 4 is 33.9 Å². The van der Waals surface area contributed by atoms with Gasteiger partial charge < -0.3 is 11.1 Å². The van der Waals surface area contributed by atoms with Crippen LogP contribution in [0, 0.1) is 0 Å². The van der Waals surface area contributed by atoms with E-state index in [-0.39, 0.29) is 16.6 Å². The number of alkyl halides is 3. The molecule has 0 aliphatic rings. The first-order valence-corrected chi connectivity index (χ1v) is 10.7. The average Bonchev–Trinajstić information content (AvgIpc) is 2.87. The number of pyridine rings is 1. The Morgan fingerprint density at radius 2 is 1.77 bits per heavy atom. The summed E-state index contributed by atoms with van der Waals surface area (Å²) in [5.74, 6) is 0.305. The number of nitrogens with one attached hydrogen (secondary N) is 1. The minimum Gasteiger partial charge on any atom is -0.399 e. The van der Waals surface area contributed by atoms with Crippen molar-refractivity contribution < 1.29 is 17.7 Å². The first kappa shape index (κ1) is 25.4. The molecule has 0 amide bonds. The van der Waals surface area contributed by atoms with Crippen LogP contribution in [-0.4, -0.2) is 15.0 Å². The molecule has 0 unspecified atom stereocenters. The molecule has 182 valence electrons. The van der Waals surface area contributed by atoms with Crippen LogP contribution in [0.25, 0.3) is 16.6 Å². The fourth-order valence-corrected chi connectivity index (χ4v) is 3.26. The third-order valence-corrected chi connectivity index (χ3v) is 4.88. The molecule has 6 nitrogen and oxygen atoms in total.